The van der Waals surface area contributed by atoms with E-state index in [0.717, 1.165) is 0 Å². The van der Waals surface area contributed by atoms with Crippen molar-refractivity contribution in [2.45, 2.75) is 26.4 Å². The number of hydrogen-bond acceptors (Lipinski definition) is 4. The number of nitrogens with zero attached hydrogens (tertiary/aromatic N) is 4. The molecule has 0 unspecified atom stereocenters. The number of nitrogen functional groups attached to an aromatic ring is 1. The van der Waals surface area contributed by atoms with Crippen LogP contribution in [0.25, 0.3) is 0 Å². The van der Waals surface area contributed by atoms with Gasteiger partial charge in [-0.25, -0.2) is 9.67 Å². The topological polar surface area (TPSA) is 77.0 Å². The van der Waals surface area contributed by atoms with Crippen LogP contribution < -0.4 is 5.73 Å². The number of anilines is 1. The highest BCUT2D eigenvalue weighted by atomic mass is 16.2. The summed E-state index contributed by atoms with van der Waals surface area (Å²) in [5.41, 5.74) is 5.36. The third-order valence-corrected chi connectivity index (χ3v) is 2.12. The SMILES string of the molecule is C=CCN(C(=O)Cn1cnc(N)n1)C(C)C. The van der Waals surface area contributed by atoms with Gasteiger partial charge in [-0.3, -0.25) is 4.79 Å². The van der Waals surface area contributed by atoms with Crippen LogP contribution in [0.1, 0.15) is 13.8 Å². The molecule has 16 heavy (non-hydrogen) atoms. The second-order valence-electron chi connectivity index (χ2n) is 3.73. The molecule has 0 atom stereocenters. The molecule has 6 heteroatoms. The van der Waals surface area contributed by atoms with E-state index in [2.05, 4.69) is 16.7 Å². The number of nitrogens with two attached hydrogens (primary N) is 1. The number of aromatic nitrogens is 3. The molecule has 0 saturated heterocycles. The molecule has 88 valence electrons. The zero-order chi connectivity index (χ0) is 12.1. The zero-order valence-electron chi connectivity index (χ0n) is 9.63. The fourth-order valence-electron chi connectivity index (χ4n) is 1.35. The second-order valence-corrected chi connectivity index (χ2v) is 3.73. The quantitative estimate of drug-likeness (QED) is 0.727. The maximum atomic E-state index is 11.9. The van der Waals surface area contributed by atoms with Crippen LogP contribution in [-0.4, -0.2) is 38.2 Å². The van der Waals surface area contributed by atoms with Crippen molar-refractivity contribution >= 4 is 11.9 Å². The van der Waals surface area contributed by atoms with Crippen LogP contribution in [0.5, 0.6) is 0 Å². The molecule has 6 nitrogen and oxygen atoms in total. The van der Waals surface area contributed by atoms with E-state index in [0.29, 0.717) is 6.54 Å². The lowest BCUT2D eigenvalue weighted by Crippen LogP contribution is -2.39. The molecule has 1 aromatic heterocycles. The smallest absolute Gasteiger partial charge is 0.244 e. The van der Waals surface area contributed by atoms with Crippen molar-refractivity contribution in [3.05, 3.63) is 19.0 Å². The van der Waals surface area contributed by atoms with Gasteiger partial charge in [0.2, 0.25) is 11.9 Å². The minimum Gasteiger partial charge on any atom is -0.367 e. The Morgan fingerprint density at radius 1 is 1.75 bits per heavy atom. The van der Waals surface area contributed by atoms with Crippen molar-refractivity contribution in [2.24, 2.45) is 0 Å². The van der Waals surface area contributed by atoms with E-state index >= 15 is 0 Å². The van der Waals surface area contributed by atoms with Crippen LogP contribution in [-0.2, 0) is 11.3 Å². The van der Waals surface area contributed by atoms with Crippen molar-refractivity contribution in [3.63, 3.8) is 0 Å². The van der Waals surface area contributed by atoms with Gasteiger partial charge in [0.1, 0.15) is 12.9 Å². The van der Waals surface area contributed by atoms with E-state index in [1.54, 1.807) is 11.0 Å². The summed E-state index contributed by atoms with van der Waals surface area (Å²) < 4.78 is 1.43. The Morgan fingerprint density at radius 3 is 2.88 bits per heavy atom. The monoisotopic (exact) mass is 223 g/mol. The van der Waals surface area contributed by atoms with Crippen molar-refractivity contribution in [2.75, 3.05) is 12.3 Å². The van der Waals surface area contributed by atoms with Gasteiger partial charge in [0.05, 0.1) is 0 Å². The molecule has 0 saturated carbocycles. The van der Waals surface area contributed by atoms with E-state index in [4.69, 9.17) is 5.73 Å². The number of amides is 1. The average Bonchev–Trinajstić information content (AvgIpc) is 2.59. The van der Waals surface area contributed by atoms with Crippen LogP contribution in [0.4, 0.5) is 5.95 Å². The minimum atomic E-state index is -0.0280. The zero-order valence-corrected chi connectivity index (χ0v) is 9.63. The summed E-state index contributed by atoms with van der Waals surface area (Å²) in [6.45, 7) is 8.22. The summed E-state index contributed by atoms with van der Waals surface area (Å²) in [5, 5.41) is 3.86. The first-order valence-corrected chi connectivity index (χ1v) is 5.10. The molecule has 0 aromatic carbocycles. The van der Waals surface area contributed by atoms with E-state index in [1.165, 1.54) is 11.0 Å². The Bertz CT molecular complexity index is 371. The Morgan fingerprint density at radius 2 is 2.44 bits per heavy atom. The molecule has 0 aliphatic heterocycles. The molecule has 2 N–H and O–H groups in total. The van der Waals surface area contributed by atoms with Gasteiger partial charge in [-0.1, -0.05) is 6.08 Å². The number of carbonyl (C=O) groups excluding carboxylic acids is 1. The summed E-state index contributed by atoms with van der Waals surface area (Å²) in [7, 11) is 0. The van der Waals surface area contributed by atoms with Gasteiger partial charge in [0, 0.05) is 12.6 Å². The van der Waals surface area contributed by atoms with E-state index < -0.39 is 0 Å². The van der Waals surface area contributed by atoms with Crippen LogP contribution in [0, 0.1) is 0 Å². The summed E-state index contributed by atoms with van der Waals surface area (Å²) >= 11 is 0. The lowest BCUT2D eigenvalue weighted by molar-refractivity contribution is -0.133. The molecular formula is C10H17N5O. The van der Waals surface area contributed by atoms with Crippen LogP contribution >= 0.6 is 0 Å². The Hall–Kier alpha value is -1.85. The molecule has 1 amide bonds. The molecule has 0 bridgehead atoms. The van der Waals surface area contributed by atoms with Gasteiger partial charge in [0.25, 0.3) is 0 Å². The van der Waals surface area contributed by atoms with E-state index in [1.807, 2.05) is 13.8 Å². The van der Waals surface area contributed by atoms with Crippen molar-refractivity contribution in [3.8, 4) is 0 Å². The van der Waals surface area contributed by atoms with Crippen LogP contribution in [0.15, 0.2) is 19.0 Å². The van der Waals surface area contributed by atoms with Crippen molar-refractivity contribution < 1.29 is 4.79 Å². The standard InChI is InChI=1S/C10H17N5O/c1-4-5-15(8(2)3)9(16)6-14-7-12-10(11)13-14/h4,7-8H,1,5-6H2,2-3H3,(H2,11,13). The molecule has 1 rings (SSSR count). The Labute approximate surface area is 94.7 Å². The molecule has 1 aromatic rings. The van der Waals surface area contributed by atoms with Gasteiger partial charge in [-0.15, -0.1) is 11.7 Å². The first-order chi connectivity index (χ1) is 7.54. The maximum absolute atomic E-state index is 11.9. The lowest BCUT2D eigenvalue weighted by Gasteiger charge is -2.25. The van der Waals surface area contributed by atoms with Crippen LogP contribution in [0.3, 0.4) is 0 Å². The lowest BCUT2D eigenvalue weighted by atomic mass is 10.3. The normalized spacial score (nSPS) is 10.4. The third-order valence-electron chi connectivity index (χ3n) is 2.12. The summed E-state index contributed by atoms with van der Waals surface area (Å²) in [6.07, 6.45) is 3.15. The molecule has 0 fully saturated rings. The van der Waals surface area contributed by atoms with Gasteiger partial charge >= 0.3 is 0 Å². The third kappa shape index (κ3) is 3.08. The van der Waals surface area contributed by atoms with Gasteiger partial charge in [0.15, 0.2) is 0 Å². The first-order valence-electron chi connectivity index (χ1n) is 5.10. The highest BCUT2D eigenvalue weighted by Crippen LogP contribution is 2.01. The van der Waals surface area contributed by atoms with Gasteiger partial charge < -0.3 is 10.6 Å². The van der Waals surface area contributed by atoms with Gasteiger partial charge in [-0.2, -0.15) is 0 Å². The Balaban J connectivity index is 2.65. The van der Waals surface area contributed by atoms with Crippen LogP contribution in [0.2, 0.25) is 0 Å². The average molecular weight is 223 g/mol. The second kappa shape index (κ2) is 5.29. The molecular weight excluding hydrogens is 206 g/mol. The highest BCUT2D eigenvalue weighted by molar-refractivity contribution is 5.76. The first kappa shape index (κ1) is 12.2. The number of rotatable bonds is 5. The highest BCUT2D eigenvalue weighted by Gasteiger charge is 2.16. The molecule has 0 spiro atoms. The molecule has 0 aliphatic rings. The Kier molecular flexibility index (Phi) is 4.04. The molecule has 0 radical (unpaired) electrons. The summed E-state index contributed by atoms with van der Waals surface area (Å²) in [5.74, 6) is 0.146. The summed E-state index contributed by atoms with van der Waals surface area (Å²) in [4.78, 5) is 17.4. The van der Waals surface area contributed by atoms with Crippen molar-refractivity contribution in [1.29, 1.82) is 0 Å². The minimum absolute atomic E-state index is 0.0280. The number of hydrogen-bond donors (Lipinski definition) is 1. The number of carbonyl (C=O) groups is 1. The molecule has 1 heterocycles. The largest absolute Gasteiger partial charge is 0.367 e. The predicted molar refractivity (Wildman–Crippen MR) is 61.5 cm³/mol. The maximum Gasteiger partial charge on any atom is 0.244 e. The van der Waals surface area contributed by atoms with Gasteiger partial charge in [-0.05, 0) is 13.8 Å². The predicted octanol–water partition coefficient (Wildman–Crippen LogP) is 0.283. The van der Waals surface area contributed by atoms with Crippen molar-refractivity contribution in [1.82, 2.24) is 19.7 Å². The fourth-order valence-corrected chi connectivity index (χ4v) is 1.35. The summed E-state index contributed by atoms with van der Waals surface area (Å²) in [6, 6.07) is 0.131. The fraction of sp³-hybridized carbons (Fsp3) is 0.500. The molecule has 0 aliphatic carbocycles. The van der Waals surface area contributed by atoms with E-state index in [-0.39, 0.29) is 24.4 Å². The van der Waals surface area contributed by atoms with E-state index in [9.17, 15) is 4.79 Å².